The van der Waals surface area contributed by atoms with Crippen molar-refractivity contribution in [3.05, 3.63) is 42.2 Å². The van der Waals surface area contributed by atoms with Crippen molar-refractivity contribution in [1.82, 2.24) is 9.97 Å². The molecular weight excluding hydrogens is 282 g/mol. The summed E-state index contributed by atoms with van der Waals surface area (Å²) in [6.07, 6.45) is 1.92. The van der Waals surface area contributed by atoms with E-state index < -0.39 is 0 Å². The first-order chi connectivity index (χ1) is 10.3. The number of ether oxygens (including phenoxy) is 1. The highest BCUT2D eigenvalue weighted by molar-refractivity contribution is 7.19. The molecule has 0 aliphatic carbocycles. The van der Waals surface area contributed by atoms with E-state index in [1.165, 1.54) is 5.56 Å². The first-order valence-corrected chi connectivity index (χ1v) is 7.65. The van der Waals surface area contributed by atoms with E-state index in [2.05, 4.69) is 27.4 Å². The van der Waals surface area contributed by atoms with Crippen LogP contribution in [0.2, 0.25) is 0 Å². The van der Waals surface area contributed by atoms with E-state index in [9.17, 15) is 0 Å². The number of nitrogens with one attached hydrogen (secondary N) is 1. The zero-order chi connectivity index (χ0) is 14.7. The van der Waals surface area contributed by atoms with Gasteiger partial charge < -0.3 is 10.1 Å². The summed E-state index contributed by atoms with van der Waals surface area (Å²) in [5.74, 6) is 0. The lowest BCUT2D eigenvalue weighted by Gasteiger charge is -2.05. The van der Waals surface area contributed by atoms with Crippen LogP contribution in [-0.4, -0.2) is 30.2 Å². The van der Waals surface area contributed by atoms with Crippen molar-refractivity contribution in [3.63, 3.8) is 0 Å². The van der Waals surface area contributed by atoms with Gasteiger partial charge in [0.1, 0.15) is 0 Å². The maximum Gasteiger partial charge on any atom is 0.183 e. The van der Waals surface area contributed by atoms with Gasteiger partial charge in [-0.3, -0.25) is 4.98 Å². The Morgan fingerprint density at radius 3 is 3.00 bits per heavy atom. The van der Waals surface area contributed by atoms with Gasteiger partial charge in [-0.2, -0.15) is 0 Å². The van der Waals surface area contributed by atoms with Crippen molar-refractivity contribution in [1.29, 1.82) is 0 Å². The van der Waals surface area contributed by atoms with Gasteiger partial charge in [0.25, 0.3) is 0 Å². The first-order valence-electron chi connectivity index (χ1n) is 6.83. The van der Waals surface area contributed by atoms with Crippen molar-refractivity contribution >= 4 is 27.4 Å². The fourth-order valence-electron chi connectivity index (χ4n) is 2.25. The number of para-hydroxylation sites is 1. The third-order valence-corrected chi connectivity index (χ3v) is 4.19. The Kier molecular flexibility index (Phi) is 4.13. The van der Waals surface area contributed by atoms with E-state index in [0.717, 1.165) is 33.2 Å². The standard InChI is InChI=1S/C16H17N3OS/c1-11-9-13(12-5-3-4-6-14(12)19-11)15-10-18-16(21-15)17-7-8-20-2/h3-6,9-10H,7-8H2,1-2H3,(H,17,18). The number of hydrogen-bond donors (Lipinski definition) is 1. The smallest absolute Gasteiger partial charge is 0.183 e. The number of aryl methyl sites for hydroxylation is 1. The molecular formula is C16H17N3OS. The summed E-state index contributed by atoms with van der Waals surface area (Å²) in [7, 11) is 1.70. The number of fused-ring (bicyclic) bond motifs is 1. The van der Waals surface area contributed by atoms with E-state index in [0.29, 0.717) is 6.61 Å². The number of thiazole rings is 1. The summed E-state index contributed by atoms with van der Waals surface area (Å²) >= 11 is 1.65. The van der Waals surface area contributed by atoms with Gasteiger partial charge in [0.2, 0.25) is 0 Å². The third-order valence-electron chi connectivity index (χ3n) is 3.20. The lowest BCUT2D eigenvalue weighted by Crippen LogP contribution is -2.06. The highest BCUT2D eigenvalue weighted by atomic mass is 32.1. The topological polar surface area (TPSA) is 47.0 Å². The van der Waals surface area contributed by atoms with Crippen LogP contribution in [0.3, 0.4) is 0 Å². The fourth-order valence-corrected chi connectivity index (χ4v) is 3.12. The Morgan fingerprint density at radius 1 is 1.29 bits per heavy atom. The van der Waals surface area contributed by atoms with Crippen molar-refractivity contribution in [2.75, 3.05) is 25.6 Å². The molecule has 0 fully saturated rings. The highest BCUT2D eigenvalue weighted by Gasteiger charge is 2.09. The minimum absolute atomic E-state index is 0.673. The lowest BCUT2D eigenvalue weighted by molar-refractivity contribution is 0.211. The number of benzene rings is 1. The second kappa shape index (κ2) is 6.20. The van der Waals surface area contributed by atoms with Crippen LogP contribution in [0.5, 0.6) is 0 Å². The molecule has 0 spiro atoms. The van der Waals surface area contributed by atoms with Crippen LogP contribution in [-0.2, 0) is 4.74 Å². The number of nitrogens with zero attached hydrogens (tertiary/aromatic N) is 2. The van der Waals surface area contributed by atoms with E-state index in [1.54, 1.807) is 18.4 Å². The molecule has 2 heterocycles. The van der Waals surface area contributed by atoms with E-state index in [-0.39, 0.29) is 0 Å². The van der Waals surface area contributed by atoms with Gasteiger partial charge in [-0.15, -0.1) is 0 Å². The molecule has 3 rings (SSSR count). The van der Waals surface area contributed by atoms with Crippen molar-refractivity contribution in [2.45, 2.75) is 6.92 Å². The van der Waals surface area contributed by atoms with Crippen LogP contribution in [0.4, 0.5) is 5.13 Å². The van der Waals surface area contributed by atoms with Crippen LogP contribution in [0.25, 0.3) is 21.3 Å². The zero-order valence-electron chi connectivity index (χ0n) is 12.1. The van der Waals surface area contributed by atoms with Gasteiger partial charge in [-0.05, 0) is 19.1 Å². The van der Waals surface area contributed by atoms with Crippen LogP contribution >= 0.6 is 11.3 Å². The minimum Gasteiger partial charge on any atom is -0.383 e. The number of pyridine rings is 1. The predicted molar refractivity (Wildman–Crippen MR) is 88.0 cm³/mol. The van der Waals surface area contributed by atoms with Crippen molar-refractivity contribution < 1.29 is 4.74 Å². The molecule has 4 nitrogen and oxygen atoms in total. The quantitative estimate of drug-likeness (QED) is 0.729. The molecule has 0 aliphatic heterocycles. The van der Waals surface area contributed by atoms with Crippen LogP contribution in [0.1, 0.15) is 5.69 Å². The molecule has 1 N–H and O–H groups in total. The molecule has 0 atom stereocenters. The molecule has 0 saturated carbocycles. The average Bonchev–Trinajstić information content (AvgIpc) is 2.95. The van der Waals surface area contributed by atoms with E-state index in [4.69, 9.17) is 4.74 Å². The predicted octanol–water partition coefficient (Wildman–Crippen LogP) is 3.73. The number of rotatable bonds is 5. The summed E-state index contributed by atoms with van der Waals surface area (Å²) < 4.78 is 5.03. The molecule has 108 valence electrons. The molecule has 1 aromatic carbocycles. The Bertz CT molecular complexity index is 754. The number of aromatic nitrogens is 2. The summed E-state index contributed by atoms with van der Waals surface area (Å²) in [5, 5.41) is 5.34. The average molecular weight is 299 g/mol. The van der Waals surface area contributed by atoms with E-state index >= 15 is 0 Å². The van der Waals surface area contributed by atoms with Crippen molar-refractivity contribution in [2.24, 2.45) is 0 Å². The zero-order valence-corrected chi connectivity index (χ0v) is 12.9. The number of anilines is 1. The maximum absolute atomic E-state index is 5.03. The summed E-state index contributed by atoms with van der Waals surface area (Å²) in [6, 6.07) is 10.3. The second-order valence-electron chi connectivity index (χ2n) is 4.78. The first kappa shape index (κ1) is 14.0. The lowest BCUT2D eigenvalue weighted by atomic mass is 10.1. The molecule has 3 aromatic rings. The van der Waals surface area contributed by atoms with Crippen LogP contribution in [0.15, 0.2) is 36.5 Å². The molecule has 0 amide bonds. The molecule has 2 aromatic heterocycles. The maximum atomic E-state index is 5.03. The highest BCUT2D eigenvalue weighted by Crippen LogP contribution is 2.34. The monoisotopic (exact) mass is 299 g/mol. The largest absolute Gasteiger partial charge is 0.383 e. The summed E-state index contributed by atoms with van der Waals surface area (Å²) in [5.41, 5.74) is 3.23. The minimum atomic E-state index is 0.673. The molecule has 0 unspecified atom stereocenters. The van der Waals surface area contributed by atoms with Gasteiger partial charge in [0.05, 0.1) is 17.0 Å². The van der Waals surface area contributed by atoms with Crippen LogP contribution in [0, 0.1) is 6.92 Å². The SMILES string of the molecule is COCCNc1ncc(-c2cc(C)nc3ccccc23)s1. The van der Waals surface area contributed by atoms with E-state index in [1.807, 2.05) is 31.3 Å². The van der Waals surface area contributed by atoms with Gasteiger partial charge >= 0.3 is 0 Å². The molecule has 0 bridgehead atoms. The fraction of sp³-hybridized carbons (Fsp3) is 0.250. The molecule has 0 saturated heterocycles. The summed E-state index contributed by atoms with van der Waals surface area (Å²) in [6.45, 7) is 3.46. The molecule has 5 heteroatoms. The Morgan fingerprint density at radius 2 is 2.14 bits per heavy atom. The van der Waals surface area contributed by atoms with Crippen LogP contribution < -0.4 is 5.32 Å². The van der Waals surface area contributed by atoms with Gasteiger partial charge in [-0.1, -0.05) is 29.5 Å². The third kappa shape index (κ3) is 3.04. The van der Waals surface area contributed by atoms with Gasteiger partial charge in [-0.25, -0.2) is 4.98 Å². The normalized spacial score (nSPS) is 11.0. The Balaban J connectivity index is 1.97. The Hall–Kier alpha value is -1.98. The van der Waals surface area contributed by atoms with Crippen molar-refractivity contribution in [3.8, 4) is 10.4 Å². The Labute approximate surface area is 127 Å². The molecule has 21 heavy (non-hydrogen) atoms. The second-order valence-corrected chi connectivity index (χ2v) is 5.81. The number of methoxy groups -OCH3 is 1. The van der Waals surface area contributed by atoms with Gasteiger partial charge in [0.15, 0.2) is 5.13 Å². The molecule has 0 aliphatic rings. The molecule has 0 radical (unpaired) electrons. The van der Waals surface area contributed by atoms with Gasteiger partial charge in [0, 0.05) is 36.5 Å². The number of hydrogen-bond acceptors (Lipinski definition) is 5. The summed E-state index contributed by atoms with van der Waals surface area (Å²) in [4.78, 5) is 10.2.